The van der Waals surface area contributed by atoms with Gasteiger partial charge >= 0.3 is 0 Å². The fourth-order valence-corrected chi connectivity index (χ4v) is 2.17. The number of imidazole rings is 1. The summed E-state index contributed by atoms with van der Waals surface area (Å²) in [6.45, 7) is 0.220. The van der Waals surface area contributed by atoms with E-state index in [4.69, 9.17) is 5.73 Å². The van der Waals surface area contributed by atoms with Crippen LogP contribution in [0.3, 0.4) is 0 Å². The lowest BCUT2D eigenvalue weighted by molar-refractivity contribution is 0.0957. The zero-order chi connectivity index (χ0) is 16.9. The first-order valence-electron chi connectivity index (χ1n) is 7.23. The quantitative estimate of drug-likeness (QED) is 0.637. The molecule has 1 aromatic heterocycles. The van der Waals surface area contributed by atoms with Crippen molar-refractivity contribution in [3.63, 3.8) is 0 Å². The second-order valence-electron chi connectivity index (χ2n) is 5.06. The summed E-state index contributed by atoms with van der Waals surface area (Å²) in [4.78, 5) is 30.1. The first kappa shape index (κ1) is 15.3. The van der Waals surface area contributed by atoms with Crippen molar-refractivity contribution in [2.24, 2.45) is 5.73 Å². The minimum Gasteiger partial charge on any atom is -0.366 e. The molecule has 0 aliphatic rings. The Morgan fingerprint density at radius 1 is 1.12 bits per heavy atom. The molecular weight excluding hydrogens is 304 g/mol. The SMILES string of the molecule is NC(=O)c1ccc(C#CCNC(=O)c2ccc3nc[nH]c3c2)cc1. The van der Waals surface area contributed by atoms with Crippen LogP contribution >= 0.6 is 0 Å². The average Bonchev–Trinajstić information content (AvgIpc) is 3.06. The number of hydrogen-bond donors (Lipinski definition) is 3. The molecule has 0 aliphatic heterocycles. The minimum atomic E-state index is -0.476. The van der Waals surface area contributed by atoms with E-state index in [1.54, 1.807) is 48.8 Å². The number of carbonyl (C=O) groups excluding carboxylic acids is 2. The van der Waals surface area contributed by atoms with Gasteiger partial charge in [0, 0.05) is 16.7 Å². The van der Waals surface area contributed by atoms with Crippen molar-refractivity contribution in [3.8, 4) is 11.8 Å². The molecule has 6 heteroatoms. The third-order valence-electron chi connectivity index (χ3n) is 3.42. The summed E-state index contributed by atoms with van der Waals surface area (Å²) >= 11 is 0. The molecule has 0 fully saturated rings. The number of nitrogens with two attached hydrogens (primary N) is 1. The van der Waals surface area contributed by atoms with Gasteiger partial charge in [-0.1, -0.05) is 11.8 Å². The van der Waals surface area contributed by atoms with E-state index in [2.05, 4.69) is 27.1 Å². The topological polar surface area (TPSA) is 101 Å². The number of amides is 2. The van der Waals surface area contributed by atoms with Crippen molar-refractivity contribution in [1.82, 2.24) is 15.3 Å². The normalized spacial score (nSPS) is 10.0. The van der Waals surface area contributed by atoms with Crippen LogP contribution in [-0.2, 0) is 0 Å². The van der Waals surface area contributed by atoms with Gasteiger partial charge in [0.25, 0.3) is 5.91 Å². The molecule has 0 atom stereocenters. The molecule has 0 saturated heterocycles. The molecule has 2 aromatic carbocycles. The molecule has 0 saturated carbocycles. The number of hydrogen-bond acceptors (Lipinski definition) is 3. The molecule has 24 heavy (non-hydrogen) atoms. The second kappa shape index (κ2) is 6.67. The Labute approximate surface area is 138 Å². The smallest absolute Gasteiger partial charge is 0.252 e. The number of nitrogens with one attached hydrogen (secondary N) is 2. The van der Waals surface area contributed by atoms with E-state index < -0.39 is 5.91 Å². The molecule has 3 rings (SSSR count). The predicted molar refractivity (Wildman–Crippen MR) is 90.3 cm³/mol. The van der Waals surface area contributed by atoms with Crippen molar-refractivity contribution >= 4 is 22.8 Å². The lowest BCUT2D eigenvalue weighted by atomic mass is 10.1. The minimum absolute atomic E-state index is 0.204. The molecule has 0 bridgehead atoms. The highest BCUT2D eigenvalue weighted by molar-refractivity contribution is 5.97. The fraction of sp³-hybridized carbons (Fsp3) is 0.0556. The Morgan fingerprint density at radius 3 is 2.62 bits per heavy atom. The van der Waals surface area contributed by atoms with E-state index in [9.17, 15) is 9.59 Å². The number of fused-ring (bicyclic) bond motifs is 1. The van der Waals surface area contributed by atoms with Crippen LogP contribution in [0.1, 0.15) is 26.3 Å². The molecule has 4 N–H and O–H groups in total. The van der Waals surface area contributed by atoms with Crippen molar-refractivity contribution in [2.75, 3.05) is 6.54 Å². The molecule has 0 spiro atoms. The lowest BCUT2D eigenvalue weighted by Crippen LogP contribution is -2.23. The van der Waals surface area contributed by atoms with Gasteiger partial charge in [0.15, 0.2) is 0 Å². The van der Waals surface area contributed by atoms with E-state index in [0.717, 1.165) is 16.6 Å². The number of rotatable bonds is 3. The van der Waals surface area contributed by atoms with Gasteiger partial charge in [0.1, 0.15) is 0 Å². The van der Waals surface area contributed by atoms with Crippen LogP contribution in [0.15, 0.2) is 48.8 Å². The number of benzene rings is 2. The van der Waals surface area contributed by atoms with E-state index in [1.165, 1.54) is 0 Å². The molecule has 118 valence electrons. The van der Waals surface area contributed by atoms with Gasteiger partial charge in [-0.3, -0.25) is 9.59 Å². The standard InChI is InChI=1S/C18H14N4O2/c19-17(23)13-5-3-12(4-6-13)2-1-9-20-18(24)14-7-8-15-16(10-14)22-11-21-15/h3-8,10-11H,9H2,(H2,19,23)(H,20,24)(H,21,22). The highest BCUT2D eigenvalue weighted by Gasteiger charge is 2.06. The van der Waals surface area contributed by atoms with Crippen LogP contribution in [0.25, 0.3) is 11.0 Å². The van der Waals surface area contributed by atoms with Gasteiger partial charge in [-0.15, -0.1) is 0 Å². The number of nitrogens with zero attached hydrogens (tertiary/aromatic N) is 1. The Kier molecular flexibility index (Phi) is 4.25. The van der Waals surface area contributed by atoms with Crippen LogP contribution in [0.4, 0.5) is 0 Å². The molecule has 1 heterocycles. The average molecular weight is 318 g/mol. The van der Waals surface area contributed by atoms with E-state index in [0.29, 0.717) is 11.1 Å². The van der Waals surface area contributed by atoms with E-state index in [1.807, 2.05) is 0 Å². The zero-order valence-electron chi connectivity index (χ0n) is 12.7. The van der Waals surface area contributed by atoms with E-state index >= 15 is 0 Å². The predicted octanol–water partition coefficient (Wildman–Crippen LogP) is 1.44. The summed E-state index contributed by atoms with van der Waals surface area (Å²) in [5, 5.41) is 2.73. The Bertz CT molecular complexity index is 962. The van der Waals surface area contributed by atoms with Crippen molar-refractivity contribution in [1.29, 1.82) is 0 Å². The maximum absolute atomic E-state index is 12.1. The number of primary amides is 1. The maximum Gasteiger partial charge on any atom is 0.252 e. The molecule has 0 aliphatic carbocycles. The molecule has 3 aromatic rings. The largest absolute Gasteiger partial charge is 0.366 e. The highest BCUT2D eigenvalue weighted by atomic mass is 16.2. The lowest BCUT2D eigenvalue weighted by Gasteiger charge is -2.01. The molecular formula is C18H14N4O2. The number of aromatic nitrogens is 2. The van der Waals surface area contributed by atoms with Crippen molar-refractivity contribution in [2.45, 2.75) is 0 Å². The van der Waals surface area contributed by atoms with Gasteiger partial charge in [0.05, 0.1) is 23.9 Å². The molecule has 0 unspecified atom stereocenters. The van der Waals surface area contributed by atoms with Crippen LogP contribution in [0.5, 0.6) is 0 Å². The first-order chi connectivity index (χ1) is 11.6. The van der Waals surface area contributed by atoms with Crippen molar-refractivity contribution in [3.05, 3.63) is 65.5 Å². The molecule has 0 radical (unpaired) electrons. The van der Waals surface area contributed by atoms with Gasteiger partial charge < -0.3 is 16.0 Å². The summed E-state index contributed by atoms with van der Waals surface area (Å²) < 4.78 is 0. The third-order valence-corrected chi connectivity index (χ3v) is 3.42. The Hall–Kier alpha value is -3.59. The van der Waals surface area contributed by atoms with Gasteiger partial charge in [-0.25, -0.2) is 4.98 Å². The summed E-state index contributed by atoms with van der Waals surface area (Å²) in [6, 6.07) is 11.9. The summed E-state index contributed by atoms with van der Waals surface area (Å²) in [5.41, 5.74) is 8.51. The fourth-order valence-electron chi connectivity index (χ4n) is 2.17. The van der Waals surface area contributed by atoms with Crippen LogP contribution < -0.4 is 11.1 Å². The molecule has 2 amide bonds. The monoisotopic (exact) mass is 318 g/mol. The highest BCUT2D eigenvalue weighted by Crippen LogP contribution is 2.11. The number of aromatic amines is 1. The van der Waals surface area contributed by atoms with Gasteiger partial charge in [-0.05, 0) is 42.5 Å². The maximum atomic E-state index is 12.1. The van der Waals surface area contributed by atoms with Crippen LogP contribution in [-0.4, -0.2) is 28.3 Å². The first-order valence-corrected chi connectivity index (χ1v) is 7.23. The summed E-state index contributed by atoms with van der Waals surface area (Å²) in [7, 11) is 0. The van der Waals surface area contributed by atoms with Gasteiger partial charge in [0.2, 0.25) is 5.91 Å². The third kappa shape index (κ3) is 3.42. The second-order valence-corrected chi connectivity index (χ2v) is 5.06. The van der Waals surface area contributed by atoms with Crippen LogP contribution in [0, 0.1) is 11.8 Å². The zero-order valence-corrected chi connectivity index (χ0v) is 12.7. The molecule has 6 nitrogen and oxygen atoms in total. The Balaban J connectivity index is 1.59. The van der Waals surface area contributed by atoms with Crippen LogP contribution in [0.2, 0.25) is 0 Å². The van der Waals surface area contributed by atoms with E-state index in [-0.39, 0.29) is 12.5 Å². The number of H-pyrrole nitrogens is 1. The van der Waals surface area contributed by atoms with Crippen molar-refractivity contribution < 1.29 is 9.59 Å². The Morgan fingerprint density at radius 2 is 1.88 bits per heavy atom. The van der Waals surface area contributed by atoms with Gasteiger partial charge in [-0.2, -0.15) is 0 Å². The summed E-state index contributed by atoms with van der Waals surface area (Å²) in [5.74, 6) is 5.10. The number of carbonyl (C=O) groups is 2. The summed E-state index contributed by atoms with van der Waals surface area (Å²) in [6.07, 6.45) is 1.58.